The summed E-state index contributed by atoms with van der Waals surface area (Å²) in [4.78, 5) is 29.2. The number of carbonyl (C=O) groups is 2. The lowest BCUT2D eigenvalue weighted by atomic mass is 10.1. The van der Waals surface area contributed by atoms with E-state index in [9.17, 15) is 9.59 Å². The van der Waals surface area contributed by atoms with Crippen molar-refractivity contribution in [1.29, 1.82) is 0 Å². The van der Waals surface area contributed by atoms with Gasteiger partial charge in [0.1, 0.15) is 5.69 Å². The number of nitrogens with one attached hydrogen (secondary N) is 3. The van der Waals surface area contributed by atoms with E-state index in [0.717, 1.165) is 16.8 Å². The average molecular weight is 388 g/mol. The van der Waals surface area contributed by atoms with E-state index in [1.165, 1.54) is 0 Å². The third-order valence-corrected chi connectivity index (χ3v) is 4.64. The third kappa shape index (κ3) is 3.73. The van der Waals surface area contributed by atoms with Gasteiger partial charge in [-0.2, -0.15) is 5.10 Å². The summed E-state index contributed by atoms with van der Waals surface area (Å²) in [6.45, 7) is 0.586. The summed E-state index contributed by atoms with van der Waals surface area (Å²) in [5, 5.41) is 13.0. The van der Waals surface area contributed by atoms with Gasteiger partial charge in [0.25, 0.3) is 11.8 Å². The normalized spacial score (nSPS) is 10.8. The maximum absolute atomic E-state index is 12.6. The lowest BCUT2D eigenvalue weighted by molar-refractivity contribution is 0.0926. The Kier molecular flexibility index (Phi) is 5.07. The molecule has 0 aliphatic heterocycles. The highest BCUT2D eigenvalue weighted by atomic mass is 16.2. The number of rotatable bonds is 6. The fourth-order valence-corrected chi connectivity index (χ4v) is 3.25. The first-order chi connectivity index (χ1) is 14.1. The Morgan fingerprint density at radius 3 is 2.59 bits per heavy atom. The first-order valence-corrected chi connectivity index (χ1v) is 9.20. The highest BCUT2D eigenvalue weighted by Crippen LogP contribution is 2.24. The molecule has 8 nitrogen and oxygen atoms in total. The number of aromatic nitrogens is 4. The number of H-pyrrole nitrogens is 1. The molecule has 0 saturated heterocycles. The molecule has 0 aliphatic carbocycles. The number of pyridine rings is 1. The zero-order chi connectivity index (χ0) is 20.2. The van der Waals surface area contributed by atoms with Gasteiger partial charge in [0.2, 0.25) is 0 Å². The van der Waals surface area contributed by atoms with Gasteiger partial charge in [0, 0.05) is 32.5 Å². The minimum Gasteiger partial charge on any atom is -0.350 e. The van der Waals surface area contributed by atoms with Crippen LogP contribution in [0, 0.1) is 0 Å². The van der Waals surface area contributed by atoms with Crippen molar-refractivity contribution in [3.8, 4) is 11.3 Å². The summed E-state index contributed by atoms with van der Waals surface area (Å²) in [6.07, 6.45) is 4.98. The highest BCUT2D eigenvalue weighted by molar-refractivity contribution is 6.04. The molecule has 29 heavy (non-hydrogen) atoms. The van der Waals surface area contributed by atoms with E-state index in [1.807, 2.05) is 48.1 Å². The molecule has 0 spiro atoms. The number of fused-ring (bicyclic) bond motifs is 1. The minimum absolute atomic E-state index is 0.186. The fraction of sp³-hybridized carbons (Fsp3) is 0.143. The number of nitrogens with zero attached hydrogens (tertiary/aromatic N) is 3. The number of aromatic amines is 1. The lowest BCUT2D eigenvalue weighted by Gasteiger charge is -2.10. The van der Waals surface area contributed by atoms with E-state index >= 15 is 0 Å². The summed E-state index contributed by atoms with van der Waals surface area (Å²) in [7, 11) is 1.91. The van der Waals surface area contributed by atoms with Gasteiger partial charge in [0.05, 0.1) is 28.4 Å². The molecule has 3 heterocycles. The Bertz CT molecular complexity index is 1160. The molecule has 0 fully saturated rings. The van der Waals surface area contributed by atoms with Crippen molar-refractivity contribution < 1.29 is 9.59 Å². The van der Waals surface area contributed by atoms with Gasteiger partial charge in [-0.3, -0.25) is 19.7 Å². The molecular formula is C21H20N6O2. The van der Waals surface area contributed by atoms with Gasteiger partial charge < -0.3 is 15.2 Å². The van der Waals surface area contributed by atoms with E-state index in [1.54, 1.807) is 24.5 Å². The van der Waals surface area contributed by atoms with Crippen LogP contribution in [0.15, 0.2) is 61.1 Å². The number of carbonyl (C=O) groups excluding carboxylic acids is 2. The minimum atomic E-state index is -0.309. The van der Waals surface area contributed by atoms with Crippen molar-refractivity contribution in [3.05, 3.63) is 72.3 Å². The molecule has 0 radical (unpaired) electrons. The molecule has 3 N–H and O–H groups in total. The van der Waals surface area contributed by atoms with Gasteiger partial charge >= 0.3 is 0 Å². The second-order valence-electron chi connectivity index (χ2n) is 6.56. The molecule has 0 saturated carbocycles. The van der Waals surface area contributed by atoms with Crippen LogP contribution in [0.25, 0.3) is 22.2 Å². The molecule has 0 unspecified atom stereocenters. The van der Waals surface area contributed by atoms with Gasteiger partial charge in [0.15, 0.2) is 0 Å². The number of hydrogen-bond acceptors (Lipinski definition) is 4. The molecule has 1 aromatic carbocycles. The quantitative estimate of drug-likeness (QED) is 0.440. The standard InChI is InChI=1S/C21H20N6O2/c1-27-12-8-15(19(27)14-5-3-2-4-6-14)20(28)23-10-11-24-21(29)18-16-13-25-26-17(16)7-9-22-18/h2-9,12-13H,10-11H2,1H3,(H,23,28)(H,24,29)(H,25,26). The maximum Gasteiger partial charge on any atom is 0.270 e. The zero-order valence-corrected chi connectivity index (χ0v) is 15.8. The Hall–Kier alpha value is -3.94. The Labute approximate surface area is 167 Å². The van der Waals surface area contributed by atoms with Gasteiger partial charge in [-0.05, 0) is 17.7 Å². The van der Waals surface area contributed by atoms with Crippen LogP contribution in [-0.2, 0) is 7.05 Å². The van der Waals surface area contributed by atoms with Gasteiger partial charge in [-0.1, -0.05) is 30.3 Å². The van der Waals surface area contributed by atoms with E-state index < -0.39 is 0 Å². The summed E-state index contributed by atoms with van der Waals surface area (Å²) < 4.78 is 1.92. The molecule has 4 rings (SSSR count). The topological polar surface area (TPSA) is 105 Å². The molecule has 8 heteroatoms. The highest BCUT2D eigenvalue weighted by Gasteiger charge is 2.16. The zero-order valence-electron chi connectivity index (χ0n) is 15.8. The number of hydrogen-bond donors (Lipinski definition) is 3. The summed E-state index contributed by atoms with van der Waals surface area (Å²) in [6, 6.07) is 13.3. The predicted molar refractivity (Wildman–Crippen MR) is 109 cm³/mol. The van der Waals surface area contributed by atoms with Crippen LogP contribution in [0.5, 0.6) is 0 Å². The third-order valence-electron chi connectivity index (χ3n) is 4.64. The van der Waals surface area contributed by atoms with Crippen molar-refractivity contribution >= 4 is 22.7 Å². The van der Waals surface area contributed by atoms with Crippen LogP contribution in [0.1, 0.15) is 20.8 Å². The molecule has 0 aliphatic rings. The van der Waals surface area contributed by atoms with Crippen molar-refractivity contribution in [1.82, 2.24) is 30.4 Å². The molecule has 4 aromatic rings. The monoisotopic (exact) mass is 388 g/mol. The Morgan fingerprint density at radius 2 is 1.79 bits per heavy atom. The second-order valence-corrected chi connectivity index (χ2v) is 6.56. The lowest BCUT2D eigenvalue weighted by Crippen LogP contribution is -2.35. The van der Waals surface area contributed by atoms with Gasteiger partial charge in [-0.25, -0.2) is 0 Å². The van der Waals surface area contributed by atoms with E-state index in [2.05, 4.69) is 25.8 Å². The Balaban J connectivity index is 1.37. The first-order valence-electron chi connectivity index (χ1n) is 9.20. The maximum atomic E-state index is 12.6. The molecule has 2 amide bonds. The van der Waals surface area contributed by atoms with Crippen molar-refractivity contribution in [2.45, 2.75) is 0 Å². The summed E-state index contributed by atoms with van der Waals surface area (Å²) in [5.74, 6) is -0.496. The summed E-state index contributed by atoms with van der Waals surface area (Å²) >= 11 is 0. The molecular weight excluding hydrogens is 368 g/mol. The van der Waals surface area contributed by atoms with Crippen LogP contribution in [0.4, 0.5) is 0 Å². The number of benzene rings is 1. The summed E-state index contributed by atoms with van der Waals surface area (Å²) in [5.41, 5.74) is 3.46. The van der Waals surface area contributed by atoms with Crippen LogP contribution in [0.3, 0.4) is 0 Å². The van der Waals surface area contributed by atoms with E-state index in [-0.39, 0.29) is 18.4 Å². The van der Waals surface area contributed by atoms with Crippen molar-refractivity contribution in [2.75, 3.05) is 13.1 Å². The van der Waals surface area contributed by atoms with Gasteiger partial charge in [-0.15, -0.1) is 0 Å². The van der Waals surface area contributed by atoms with Crippen LogP contribution < -0.4 is 10.6 Å². The first kappa shape index (κ1) is 18.4. The second kappa shape index (κ2) is 7.97. The molecule has 3 aromatic heterocycles. The number of amides is 2. The Morgan fingerprint density at radius 1 is 1.03 bits per heavy atom. The fourth-order valence-electron chi connectivity index (χ4n) is 3.25. The molecule has 0 atom stereocenters. The van der Waals surface area contributed by atoms with Crippen molar-refractivity contribution in [3.63, 3.8) is 0 Å². The van der Waals surface area contributed by atoms with E-state index in [0.29, 0.717) is 23.2 Å². The SMILES string of the molecule is Cn1ccc(C(=O)NCCNC(=O)c2nccc3[nH]ncc23)c1-c1ccccc1. The van der Waals surface area contributed by atoms with Crippen LogP contribution in [0.2, 0.25) is 0 Å². The predicted octanol–water partition coefficient (Wildman–Crippen LogP) is 2.12. The largest absolute Gasteiger partial charge is 0.350 e. The molecule has 0 bridgehead atoms. The van der Waals surface area contributed by atoms with Crippen LogP contribution >= 0.6 is 0 Å². The van der Waals surface area contributed by atoms with Crippen LogP contribution in [-0.4, -0.2) is 44.7 Å². The smallest absolute Gasteiger partial charge is 0.270 e. The average Bonchev–Trinajstić information content (AvgIpc) is 3.37. The molecule has 146 valence electrons. The van der Waals surface area contributed by atoms with Crippen molar-refractivity contribution in [2.24, 2.45) is 7.05 Å². The number of aryl methyl sites for hydroxylation is 1. The van der Waals surface area contributed by atoms with E-state index in [4.69, 9.17) is 0 Å².